The molecule has 2 atom stereocenters. The molecule has 0 amide bonds. The Balaban J connectivity index is 1.85. The molecule has 0 aliphatic carbocycles. The van der Waals surface area contributed by atoms with Crippen molar-refractivity contribution >= 4 is 0 Å². The molecule has 2 aliphatic rings. The molecule has 2 saturated heterocycles. The largest absolute Gasteiger partial charge is 0.394 e. The second-order valence-electron chi connectivity index (χ2n) is 6.45. The normalized spacial score (nSPS) is 30.9. The summed E-state index contributed by atoms with van der Waals surface area (Å²) in [6.07, 6.45) is -2.98. The Morgan fingerprint density at radius 1 is 1.20 bits per heavy atom. The number of rotatable bonds is 3. The van der Waals surface area contributed by atoms with Crippen LogP contribution in [0.25, 0.3) is 0 Å². The van der Waals surface area contributed by atoms with E-state index in [1.807, 2.05) is 4.90 Å². The third-order valence-corrected chi connectivity index (χ3v) is 4.50. The summed E-state index contributed by atoms with van der Waals surface area (Å²) in [7, 11) is 0. The molecule has 1 N–H and O–H groups in total. The maximum Gasteiger partial charge on any atom is 0.394 e. The number of hydrogen-bond donors (Lipinski definition) is 1. The Bertz CT molecular complexity index is 307. The van der Waals surface area contributed by atoms with Crippen LogP contribution in [0.2, 0.25) is 0 Å². The standard InChI is InChI=1S/C14H26F3N3/c1-11(2)20-5-3-12(9-20)8-19-6-4-18-7-13(10-19)14(15,16)17/h11-13,18H,3-10H2,1-2H3. The molecule has 6 heteroatoms. The molecule has 2 fully saturated rings. The lowest BCUT2D eigenvalue weighted by Gasteiger charge is -2.28. The van der Waals surface area contributed by atoms with Crippen molar-refractivity contribution in [1.82, 2.24) is 15.1 Å². The molecule has 3 nitrogen and oxygen atoms in total. The van der Waals surface area contributed by atoms with E-state index in [1.165, 1.54) is 0 Å². The van der Waals surface area contributed by atoms with E-state index >= 15 is 0 Å². The van der Waals surface area contributed by atoms with Gasteiger partial charge in [0.05, 0.1) is 5.92 Å². The van der Waals surface area contributed by atoms with Gasteiger partial charge in [0, 0.05) is 45.3 Å². The van der Waals surface area contributed by atoms with Crippen LogP contribution in [0.4, 0.5) is 13.2 Å². The summed E-state index contributed by atoms with van der Waals surface area (Å²) in [5.41, 5.74) is 0. The Hall–Kier alpha value is -0.330. The van der Waals surface area contributed by atoms with E-state index in [0.29, 0.717) is 18.5 Å². The first-order chi connectivity index (χ1) is 9.36. The van der Waals surface area contributed by atoms with E-state index in [-0.39, 0.29) is 13.1 Å². The molecule has 2 aliphatic heterocycles. The molecule has 0 saturated carbocycles. The number of hydrogen-bond acceptors (Lipinski definition) is 3. The van der Waals surface area contributed by atoms with Crippen LogP contribution in [0.5, 0.6) is 0 Å². The zero-order chi connectivity index (χ0) is 14.8. The number of halogens is 3. The topological polar surface area (TPSA) is 18.5 Å². The van der Waals surface area contributed by atoms with Crippen LogP contribution in [-0.2, 0) is 0 Å². The second kappa shape index (κ2) is 6.62. The molecule has 2 rings (SSSR count). The van der Waals surface area contributed by atoms with Gasteiger partial charge >= 0.3 is 6.18 Å². The fraction of sp³-hybridized carbons (Fsp3) is 1.00. The maximum absolute atomic E-state index is 12.9. The Morgan fingerprint density at radius 3 is 2.55 bits per heavy atom. The van der Waals surface area contributed by atoms with Crippen LogP contribution in [-0.4, -0.2) is 67.8 Å². The maximum atomic E-state index is 12.9. The van der Waals surface area contributed by atoms with Crippen LogP contribution in [0.1, 0.15) is 20.3 Å². The lowest BCUT2D eigenvalue weighted by molar-refractivity contribution is -0.176. The minimum absolute atomic E-state index is 0.0583. The minimum atomic E-state index is -4.09. The van der Waals surface area contributed by atoms with Crippen LogP contribution in [0.15, 0.2) is 0 Å². The summed E-state index contributed by atoms with van der Waals surface area (Å²) < 4.78 is 38.7. The smallest absolute Gasteiger partial charge is 0.315 e. The van der Waals surface area contributed by atoms with Crippen molar-refractivity contribution in [1.29, 1.82) is 0 Å². The van der Waals surface area contributed by atoms with Crippen molar-refractivity contribution in [3.8, 4) is 0 Å². The van der Waals surface area contributed by atoms with Crippen molar-refractivity contribution < 1.29 is 13.2 Å². The minimum Gasteiger partial charge on any atom is -0.315 e. The number of nitrogens with zero attached hydrogens (tertiary/aromatic N) is 2. The molecule has 0 aromatic heterocycles. The molecular weight excluding hydrogens is 267 g/mol. The van der Waals surface area contributed by atoms with Gasteiger partial charge in [0.25, 0.3) is 0 Å². The third kappa shape index (κ3) is 4.33. The van der Waals surface area contributed by atoms with Gasteiger partial charge in [0.1, 0.15) is 0 Å². The summed E-state index contributed by atoms with van der Waals surface area (Å²) in [5.74, 6) is -0.711. The Labute approximate surface area is 119 Å². The molecule has 0 spiro atoms. The molecule has 20 heavy (non-hydrogen) atoms. The molecule has 2 heterocycles. The second-order valence-corrected chi connectivity index (χ2v) is 6.45. The van der Waals surface area contributed by atoms with E-state index in [4.69, 9.17) is 0 Å². The predicted octanol–water partition coefficient (Wildman–Crippen LogP) is 1.80. The van der Waals surface area contributed by atoms with Crippen LogP contribution in [0, 0.1) is 11.8 Å². The van der Waals surface area contributed by atoms with Gasteiger partial charge in [-0.15, -0.1) is 0 Å². The molecule has 2 unspecified atom stereocenters. The molecule has 0 aromatic carbocycles. The summed E-state index contributed by atoms with van der Waals surface area (Å²) in [4.78, 5) is 4.43. The molecular formula is C14H26F3N3. The zero-order valence-electron chi connectivity index (χ0n) is 12.4. The molecule has 0 aromatic rings. The predicted molar refractivity (Wildman–Crippen MR) is 73.7 cm³/mol. The van der Waals surface area contributed by atoms with E-state index < -0.39 is 12.1 Å². The first-order valence-electron chi connectivity index (χ1n) is 7.60. The highest BCUT2D eigenvalue weighted by Crippen LogP contribution is 2.28. The summed E-state index contributed by atoms with van der Waals surface area (Å²) in [6, 6.07) is 0.536. The van der Waals surface area contributed by atoms with Crippen LogP contribution < -0.4 is 5.32 Å². The van der Waals surface area contributed by atoms with Gasteiger partial charge in [-0.2, -0.15) is 13.2 Å². The zero-order valence-corrected chi connectivity index (χ0v) is 12.4. The van der Waals surface area contributed by atoms with Crippen LogP contribution in [0.3, 0.4) is 0 Å². The fourth-order valence-electron chi connectivity index (χ4n) is 3.21. The van der Waals surface area contributed by atoms with Gasteiger partial charge in [0.2, 0.25) is 0 Å². The van der Waals surface area contributed by atoms with Crippen molar-refractivity contribution in [3.05, 3.63) is 0 Å². The Morgan fingerprint density at radius 2 is 1.95 bits per heavy atom. The highest BCUT2D eigenvalue weighted by atomic mass is 19.4. The first kappa shape index (κ1) is 16.0. The highest BCUT2D eigenvalue weighted by molar-refractivity contribution is 4.84. The fourth-order valence-corrected chi connectivity index (χ4v) is 3.21. The van der Waals surface area contributed by atoms with Crippen molar-refractivity contribution in [2.24, 2.45) is 11.8 Å². The first-order valence-corrected chi connectivity index (χ1v) is 7.60. The lowest BCUT2D eigenvalue weighted by atomic mass is 10.1. The lowest BCUT2D eigenvalue weighted by Crippen LogP contribution is -2.40. The average Bonchev–Trinajstić information content (AvgIpc) is 2.66. The van der Waals surface area contributed by atoms with Gasteiger partial charge in [-0.05, 0) is 32.7 Å². The van der Waals surface area contributed by atoms with Gasteiger partial charge in [0.15, 0.2) is 0 Å². The van der Waals surface area contributed by atoms with Gasteiger partial charge in [-0.1, -0.05) is 0 Å². The van der Waals surface area contributed by atoms with Crippen LogP contribution >= 0.6 is 0 Å². The van der Waals surface area contributed by atoms with Gasteiger partial charge in [-0.3, -0.25) is 0 Å². The average molecular weight is 293 g/mol. The van der Waals surface area contributed by atoms with E-state index in [0.717, 1.165) is 32.6 Å². The number of nitrogens with one attached hydrogen (secondary N) is 1. The summed E-state index contributed by atoms with van der Waals surface area (Å²) in [5, 5.41) is 2.91. The highest BCUT2D eigenvalue weighted by Gasteiger charge is 2.41. The molecule has 0 radical (unpaired) electrons. The number of alkyl halides is 3. The third-order valence-electron chi connectivity index (χ3n) is 4.50. The monoisotopic (exact) mass is 293 g/mol. The van der Waals surface area contributed by atoms with Crippen molar-refractivity contribution in [3.63, 3.8) is 0 Å². The van der Waals surface area contributed by atoms with E-state index in [9.17, 15) is 13.2 Å². The van der Waals surface area contributed by atoms with E-state index in [1.54, 1.807) is 0 Å². The molecule has 118 valence electrons. The summed E-state index contributed by atoms with van der Waals surface area (Å²) >= 11 is 0. The molecule has 0 bridgehead atoms. The number of likely N-dealkylation sites (tertiary alicyclic amines) is 1. The van der Waals surface area contributed by atoms with Gasteiger partial charge in [-0.25, -0.2) is 0 Å². The van der Waals surface area contributed by atoms with Crippen molar-refractivity contribution in [2.75, 3.05) is 45.8 Å². The van der Waals surface area contributed by atoms with E-state index in [2.05, 4.69) is 24.1 Å². The summed E-state index contributed by atoms with van der Waals surface area (Å²) in [6.45, 7) is 8.86. The SMILES string of the molecule is CC(C)N1CCC(CN2CCNCC(C(F)(F)F)C2)C1. The van der Waals surface area contributed by atoms with Crippen molar-refractivity contribution in [2.45, 2.75) is 32.5 Å². The Kier molecular flexibility index (Phi) is 5.31. The quantitative estimate of drug-likeness (QED) is 0.856. The van der Waals surface area contributed by atoms with Gasteiger partial charge < -0.3 is 15.1 Å².